The summed E-state index contributed by atoms with van der Waals surface area (Å²) in [7, 11) is 0. The molecule has 10 heteroatoms. The highest BCUT2D eigenvalue weighted by atomic mass is 16.6. The van der Waals surface area contributed by atoms with Crippen LogP contribution in [0.3, 0.4) is 0 Å². The lowest BCUT2D eigenvalue weighted by atomic mass is 10.2. The van der Waals surface area contributed by atoms with Crippen molar-refractivity contribution in [3.05, 3.63) is 48.7 Å². The van der Waals surface area contributed by atoms with Crippen LogP contribution in [-0.2, 0) is 4.74 Å². The number of aromatic nitrogens is 3. The summed E-state index contributed by atoms with van der Waals surface area (Å²) in [6, 6.07) is 5.00. The smallest absolute Gasteiger partial charge is 0.415 e. The van der Waals surface area contributed by atoms with Gasteiger partial charge < -0.3 is 15.2 Å². The number of ether oxygens (including phenoxy) is 1. The van der Waals surface area contributed by atoms with Crippen LogP contribution in [0.1, 0.15) is 31.3 Å². The van der Waals surface area contributed by atoms with Crippen molar-refractivity contribution in [2.75, 3.05) is 10.6 Å². The van der Waals surface area contributed by atoms with E-state index in [4.69, 9.17) is 9.84 Å². The molecule has 2 heterocycles. The van der Waals surface area contributed by atoms with Crippen LogP contribution >= 0.6 is 0 Å². The monoisotopic (exact) mass is 397 g/mol. The van der Waals surface area contributed by atoms with E-state index in [0.29, 0.717) is 11.1 Å². The molecule has 0 aliphatic heterocycles. The number of benzene rings is 1. The number of carbonyl (C=O) groups excluding carboxylic acids is 2. The summed E-state index contributed by atoms with van der Waals surface area (Å²) in [6.45, 7) is 5.21. The number of fused-ring (bicyclic) bond motifs is 1. The minimum Gasteiger partial charge on any atom is -0.464 e. The molecule has 0 spiro atoms. The van der Waals surface area contributed by atoms with Crippen LogP contribution in [0.4, 0.5) is 21.1 Å². The molecule has 0 unspecified atom stereocenters. The predicted molar refractivity (Wildman–Crippen MR) is 105 cm³/mol. The van der Waals surface area contributed by atoms with E-state index in [-0.39, 0.29) is 11.5 Å². The molecule has 0 atom stereocenters. The van der Waals surface area contributed by atoms with Crippen molar-refractivity contribution in [1.29, 1.82) is 0 Å². The fourth-order valence-corrected chi connectivity index (χ4v) is 2.44. The van der Waals surface area contributed by atoms with Crippen molar-refractivity contribution < 1.29 is 24.2 Å². The van der Waals surface area contributed by atoms with Gasteiger partial charge in [0, 0.05) is 28.9 Å². The Labute approximate surface area is 165 Å². The van der Waals surface area contributed by atoms with Gasteiger partial charge in [-0.25, -0.2) is 19.6 Å². The van der Waals surface area contributed by atoms with E-state index in [1.807, 2.05) is 0 Å². The largest absolute Gasteiger partial charge is 0.464 e. The molecule has 0 fully saturated rings. The molecule has 2 aromatic heterocycles. The van der Waals surface area contributed by atoms with Crippen molar-refractivity contribution in [2.45, 2.75) is 26.4 Å². The van der Waals surface area contributed by atoms with E-state index >= 15 is 0 Å². The molecule has 0 radical (unpaired) electrons. The van der Waals surface area contributed by atoms with E-state index < -0.39 is 23.7 Å². The Balaban J connectivity index is 1.67. The summed E-state index contributed by atoms with van der Waals surface area (Å²) >= 11 is 0. The van der Waals surface area contributed by atoms with Gasteiger partial charge in [-0.3, -0.25) is 14.7 Å². The van der Waals surface area contributed by atoms with Crippen LogP contribution < -0.4 is 10.6 Å². The maximum Gasteiger partial charge on any atom is 0.415 e. The molecule has 150 valence electrons. The minimum atomic E-state index is -1.10. The van der Waals surface area contributed by atoms with E-state index in [1.54, 1.807) is 39.0 Å². The van der Waals surface area contributed by atoms with Crippen molar-refractivity contribution in [3.63, 3.8) is 0 Å². The van der Waals surface area contributed by atoms with E-state index in [0.717, 1.165) is 9.95 Å². The maximum atomic E-state index is 12.4. The molecule has 0 bridgehead atoms. The zero-order valence-corrected chi connectivity index (χ0v) is 16.0. The second-order valence-corrected chi connectivity index (χ2v) is 7.16. The number of nitrogens with one attached hydrogen (secondary N) is 2. The van der Waals surface area contributed by atoms with Gasteiger partial charge >= 0.3 is 12.2 Å². The highest BCUT2D eigenvalue weighted by Gasteiger charge is 2.17. The number of carboxylic acid groups (broad SMARTS) is 1. The Bertz CT molecular complexity index is 1080. The van der Waals surface area contributed by atoms with E-state index in [1.165, 1.54) is 24.8 Å². The van der Waals surface area contributed by atoms with Gasteiger partial charge in [-0.05, 0) is 32.9 Å². The number of hydrogen-bond acceptors (Lipinski definition) is 6. The molecule has 3 N–H and O–H groups in total. The molecule has 0 saturated carbocycles. The Morgan fingerprint density at radius 3 is 2.38 bits per heavy atom. The number of anilines is 2. The zero-order valence-electron chi connectivity index (χ0n) is 16.0. The molecule has 10 nitrogen and oxygen atoms in total. The molecule has 0 aliphatic rings. The number of nitrogens with zero attached hydrogens (tertiary/aromatic N) is 3. The quantitative estimate of drug-likeness (QED) is 0.615. The number of amides is 2. The van der Waals surface area contributed by atoms with Crippen molar-refractivity contribution in [3.8, 4) is 0 Å². The third-order valence-electron chi connectivity index (χ3n) is 3.64. The fraction of sp³-hybridized carbons (Fsp3) is 0.211. The molecule has 2 amide bonds. The summed E-state index contributed by atoms with van der Waals surface area (Å²) in [6.07, 6.45) is 3.62. The first-order chi connectivity index (χ1) is 13.6. The first-order valence-corrected chi connectivity index (χ1v) is 8.59. The highest BCUT2D eigenvalue weighted by molar-refractivity contribution is 6.04. The van der Waals surface area contributed by atoms with Gasteiger partial charge in [0.2, 0.25) is 0 Å². The normalized spacial score (nSPS) is 11.1. The van der Waals surface area contributed by atoms with Gasteiger partial charge in [0.25, 0.3) is 5.91 Å². The Morgan fingerprint density at radius 1 is 1.03 bits per heavy atom. The third-order valence-corrected chi connectivity index (χ3v) is 3.64. The molecule has 0 aliphatic carbocycles. The van der Waals surface area contributed by atoms with Crippen molar-refractivity contribution in [2.24, 2.45) is 0 Å². The lowest BCUT2D eigenvalue weighted by Crippen LogP contribution is -2.27. The summed E-state index contributed by atoms with van der Waals surface area (Å²) in [5.41, 5.74) is -0.129. The number of carbonyl (C=O) groups is 3. The molecule has 0 saturated heterocycles. The number of rotatable bonds is 3. The van der Waals surface area contributed by atoms with Gasteiger partial charge in [-0.2, -0.15) is 0 Å². The van der Waals surface area contributed by atoms with Crippen LogP contribution in [0.5, 0.6) is 0 Å². The minimum absolute atomic E-state index is 0.0444. The van der Waals surface area contributed by atoms with Crippen molar-refractivity contribution in [1.82, 2.24) is 14.5 Å². The lowest BCUT2D eigenvalue weighted by Gasteiger charge is -2.19. The molecule has 3 aromatic rings. The van der Waals surface area contributed by atoms with Crippen LogP contribution in [0.2, 0.25) is 0 Å². The topological polar surface area (TPSA) is 135 Å². The van der Waals surface area contributed by atoms with Gasteiger partial charge in [0.1, 0.15) is 11.3 Å². The first-order valence-electron chi connectivity index (χ1n) is 8.59. The van der Waals surface area contributed by atoms with Gasteiger partial charge in [-0.1, -0.05) is 6.07 Å². The second kappa shape index (κ2) is 7.58. The molecular formula is C19H19N5O5. The van der Waals surface area contributed by atoms with Crippen molar-refractivity contribution >= 4 is 40.4 Å². The van der Waals surface area contributed by atoms with Gasteiger partial charge in [0.05, 0.1) is 12.4 Å². The molecule has 1 aromatic carbocycles. The SMILES string of the molecule is CC(C)(C)OC(=O)Nc1cnc(C(=O)Nc2ccc3cn(C(=O)O)cc3c2)cn1. The molecule has 29 heavy (non-hydrogen) atoms. The lowest BCUT2D eigenvalue weighted by molar-refractivity contribution is 0.0635. The summed E-state index contributed by atoms with van der Waals surface area (Å²) < 4.78 is 6.15. The van der Waals surface area contributed by atoms with Gasteiger partial charge in [-0.15, -0.1) is 0 Å². The average molecular weight is 397 g/mol. The summed E-state index contributed by atoms with van der Waals surface area (Å²) in [4.78, 5) is 43.1. The van der Waals surface area contributed by atoms with E-state index in [2.05, 4.69) is 20.6 Å². The average Bonchev–Trinajstić information content (AvgIpc) is 3.04. The third kappa shape index (κ3) is 5.06. The summed E-state index contributed by atoms with van der Waals surface area (Å²) in [5.74, 6) is -0.356. The molecule has 3 rings (SSSR count). The van der Waals surface area contributed by atoms with E-state index in [9.17, 15) is 14.4 Å². The van der Waals surface area contributed by atoms with Crippen LogP contribution in [-0.4, -0.2) is 43.3 Å². The first kappa shape index (κ1) is 19.8. The maximum absolute atomic E-state index is 12.4. The Hall–Kier alpha value is -3.95. The summed E-state index contributed by atoms with van der Waals surface area (Å²) in [5, 5.41) is 15.5. The van der Waals surface area contributed by atoms with Crippen LogP contribution in [0.15, 0.2) is 43.0 Å². The standard InChI is InChI=1S/C19H19N5O5/c1-19(2,3)29-17(26)23-15-8-20-14(7-21-15)16(25)22-13-5-4-11-9-24(18(27)28)10-12(11)6-13/h4-10H,1-3H3,(H,22,25)(H,27,28)(H,21,23,26). The fourth-order valence-electron chi connectivity index (χ4n) is 2.44. The number of hydrogen-bond donors (Lipinski definition) is 3. The van der Waals surface area contributed by atoms with Gasteiger partial charge in [0.15, 0.2) is 5.82 Å². The predicted octanol–water partition coefficient (Wildman–Crippen LogP) is 3.56. The van der Waals surface area contributed by atoms with Crippen LogP contribution in [0.25, 0.3) is 10.8 Å². The zero-order chi connectivity index (χ0) is 21.2. The highest BCUT2D eigenvalue weighted by Crippen LogP contribution is 2.20. The Morgan fingerprint density at radius 2 is 1.76 bits per heavy atom. The Kier molecular flexibility index (Phi) is 5.18. The molecular weight excluding hydrogens is 378 g/mol. The van der Waals surface area contributed by atoms with Crippen LogP contribution in [0, 0.1) is 0 Å². The second-order valence-electron chi connectivity index (χ2n) is 7.16.